The molecule has 3 rings (SSSR count). The summed E-state index contributed by atoms with van der Waals surface area (Å²) in [6.07, 6.45) is 0. The SMILES string of the molecule is Cc1ccc(-c2ccccc2-c2cccc(O)c2)cc1. The first-order valence-corrected chi connectivity index (χ1v) is 6.69. The van der Waals surface area contributed by atoms with E-state index in [4.69, 9.17) is 0 Å². The molecule has 0 bridgehead atoms. The van der Waals surface area contributed by atoms with Crippen molar-refractivity contribution in [2.45, 2.75) is 6.92 Å². The third-order valence-electron chi connectivity index (χ3n) is 3.45. The van der Waals surface area contributed by atoms with Gasteiger partial charge in [0.25, 0.3) is 0 Å². The van der Waals surface area contributed by atoms with Crippen LogP contribution in [0.5, 0.6) is 5.75 Å². The van der Waals surface area contributed by atoms with E-state index in [0.717, 1.165) is 11.1 Å². The van der Waals surface area contributed by atoms with Crippen molar-refractivity contribution >= 4 is 0 Å². The molecular weight excluding hydrogens is 244 g/mol. The molecule has 0 atom stereocenters. The number of phenolic OH excluding ortho intramolecular Hbond substituents is 1. The third kappa shape index (κ3) is 2.43. The van der Waals surface area contributed by atoms with Gasteiger partial charge in [0.2, 0.25) is 0 Å². The van der Waals surface area contributed by atoms with Crippen LogP contribution >= 0.6 is 0 Å². The summed E-state index contributed by atoms with van der Waals surface area (Å²) in [5.41, 5.74) is 5.78. The van der Waals surface area contributed by atoms with E-state index >= 15 is 0 Å². The second-order valence-electron chi connectivity index (χ2n) is 4.96. The monoisotopic (exact) mass is 260 g/mol. The van der Waals surface area contributed by atoms with Gasteiger partial charge >= 0.3 is 0 Å². The van der Waals surface area contributed by atoms with Crippen molar-refractivity contribution in [1.29, 1.82) is 0 Å². The smallest absolute Gasteiger partial charge is 0.116 e. The summed E-state index contributed by atoms with van der Waals surface area (Å²) >= 11 is 0. The second-order valence-corrected chi connectivity index (χ2v) is 4.96. The molecule has 0 aromatic heterocycles. The summed E-state index contributed by atoms with van der Waals surface area (Å²) in [5, 5.41) is 9.67. The molecule has 0 saturated heterocycles. The number of aromatic hydroxyl groups is 1. The standard InChI is InChI=1S/C19H16O/c1-14-9-11-15(12-10-14)18-7-2-3-8-19(18)16-5-4-6-17(20)13-16/h2-13,20H,1H3. The Labute approximate surface area is 119 Å². The zero-order valence-corrected chi connectivity index (χ0v) is 11.4. The number of rotatable bonds is 2. The van der Waals surface area contributed by atoms with Crippen molar-refractivity contribution in [3.63, 3.8) is 0 Å². The first-order chi connectivity index (χ1) is 9.74. The Balaban J connectivity index is 2.16. The average Bonchev–Trinajstić information content (AvgIpc) is 2.48. The summed E-state index contributed by atoms with van der Waals surface area (Å²) in [7, 11) is 0. The fraction of sp³-hybridized carbons (Fsp3) is 0.0526. The fourth-order valence-corrected chi connectivity index (χ4v) is 2.39. The first-order valence-electron chi connectivity index (χ1n) is 6.69. The molecule has 0 fully saturated rings. The van der Waals surface area contributed by atoms with Gasteiger partial charge in [-0.2, -0.15) is 0 Å². The minimum Gasteiger partial charge on any atom is -0.508 e. The zero-order valence-electron chi connectivity index (χ0n) is 11.4. The summed E-state index contributed by atoms with van der Waals surface area (Å²) in [5.74, 6) is 0.293. The van der Waals surface area contributed by atoms with E-state index in [9.17, 15) is 5.11 Å². The molecule has 0 aliphatic carbocycles. The van der Waals surface area contributed by atoms with Crippen LogP contribution in [0.2, 0.25) is 0 Å². The highest BCUT2D eigenvalue weighted by Gasteiger charge is 2.07. The summed E-state index contributed by atoms with van der Waals surface area (Å²) in [4.78, 5) is 0. The number of hydrogen-bond acceptors (Lipinski definition) is 1. The molecule has 0 radical (unpaired) electrons. The predicted molar refractivity (Wildman–Crippen MR) is 83.7 cm³/mol. The topological polar surface area (TPSA) is 20.2 Å². The molecule has 20 heavy (non-hydrogen) atoms. The Morgan fingerprint density at radius 1 is 0.650 bits per heavy atom. The van der Waals surface area contributed by atoms with Crippen LogP contribution in [0.3, 0.4) is 0 Å². The van der Waals surface area contributed by atoms with E-state index < -0.39 is 0 Å². The van der Waals surface area contributed by atoms with Gasteiger partial charge in [0.15, 0.2) is 0 Å². The van der Waals surface area contributed by atoms with Crippen LogP contribution < -0.4 is 0 Å². The van der Waals surface area contributed by atoms with Gasteiger partial charge in [0.05, 0.1) is 0 Å². The van der Waals surface area contributed by atoms with Crippen LogP contribution in [-0.4, -0.2) is 5.11 Å². The van der Waals surface area contributed by atoms with Crippen LogP contribution in [0.25, 0.3) is 22.3 Å². The van der Waals surface area contributed by atoms with Crippen LogP contribution in [0.4, 0.5) is 0 Å². The summed E-state index contributed by atoms with van der Waals surface area (Å²) in [6, 6.07) is 24.2. The Bertz CT molecular complexity index is 727. The molecule has 0 spiro atoms. The van der Waals surface area contributed by atoms with Gasteiger partial charge in [0.1, 0.15) is 5.75 Å². The van der Waals surface area contributed by atoms with Gasteiger partial charge < -0.3 is 5.11 Å². The molecule has 0 heterocycles. The maximum absolute atomic E-state index is 9.67. The molecule has 3 aromatic carbocycles. The molecule has 0 amide bonds. The van der Waals surface area contributed by atoms with Crippen LogP contribution in [0, 0.1) is 6.92 Å². The van der Waals surface area contributed by atoms with Crippen molar-refractivity contribution in [2.75, 3.05) is 0 Å². The van der Waals surface area contributed by atoms with Crippen LogP contribution in [0.15, 0.2) is 72.8 Å². The maximum atomic E-state index is 9.67. The van der Waals surface area contributed by atoms with E-state index in [1.165, 1.54) is 16.7 Å². The number of benzene rings is 3. The second kappa shape index (κ2) is 5.22. The van der Waals surface area contributed by atoms with Crippen LogP contribution in [-0.2, 0) is 0 Å². The fourth-order valence-electron chi connectivity index (χ4n) is 2.39. The number of phenols is 1. The molecule has 1 heteroatoms. The van der Waals surface area contributed by atoms with Crippen molar-refractivity contribution < 1.29 is 5.11 Å². The lowest BCUT2D eigenvalue weighted by molar-refractivity contribution is 0.475. The Kier molecular flexibility index (Phi) is 3.26. The Hall–Kier alpha value is -2.54. The van der Waals surface area contributed by atoms with E-state index in [2.05, 4.69) is 43.3 Å². The molecule has 0 unspecified atom stereocenters. The number of hydrogen-bond donors (Lipinski definition) is 1. The molecule has 1 N–H and O–H groups in total. The average molecular weight is 260 g/mol. The van der Waals surface area contributed by atoms with Crippen molar-refractivity contribution in [3.05, 3.63) is 78.4 Å². The van der Waals surface area contributed by atoms with Gasteiger partial charge in [-0.25, -0.2) is 0 Å². The summed E-state index contributed by atoms with van der Waals surface area (Å²) < 4.78 is 0. The summed E-state index contributed by atoms with van der Waals surface area (Å²) in [6.45, 7) is 2.09. The predicted octanol–water partition coefficient (Wildman–Crippen LogP) is 5.03. The highest BCUT2D eigenvalue weighted by atomic mass is 16.3. The minimum atomic E-state index is 0.293. The van der Waals surface area contributed by atoms with Crippen molar-refractivity contribution in [2.24, 2.45) is 0 Å². The molecule has 0 aliphatic rings. The van der Waals surface area contributed by atoms with Gasteiger partial charge in [-0.05, 0) is 41.3 Å². The van der Waals surface area contributed by atoms with Gasteiger partial charge in [-0.1, -0.05) is 66.2 Å². The highest BCUT2D eigenvalue weighted by Crippen LogP contribution is 2.33. The third-order valence-corrected chi connectivity index (χ3v) is 3.45. The minimum absolute atomic E-state index is 0.293. The quantitative estimate of drug-likeness (QED) is 0.684. The molecule has 98 valence electrons. The van der Waals surface area contributed by atoms with Crippen LogP contribution in [0.1, 0.15) is 5.56 Å². The van der Waals surface area contributed by atoms with Crippen molar-refractivity contribution in [1.82, 2.24) is 0 Å². The lowest BCUT2D eigenvalue weighted by atomic mass is 9.94. The lowest BCUT2D eigenvalue weighted by Crippen LogP contribution is -1.85. The Morgan fingerprint density at radius 2 is 1.30 bits per heavy atom. The lowest BCUT2D eigenvalue weighted by Gasteiger charge is -2.10. The van der Waals surface area contributed by atoms with Gasteiger partial charge in [-0.15, -0.1) is 0 Å². The molecule has 0 aliphatic heterocycles. The maximum Gasteiger partial charge on any atom is 0.116 e. The molecule has 1 nitrogen and oxygen atoms in total. The van der Waals surface area contributed by atoms with Gasteiger partial charge in [-0.3, -0.25) is 0 Å². The molecule has 3 aromatic rings. The van der Waals surface area contributed by atoms with Gasteiger partial charge in [0, 0.05) is 0 Å². The van der Waals surface area contributed by atoms with E-state index in [1.54, 1.807) is 12.1 Å². The van der Waals surface area contributed by atoms with Crippen molar-refractivity contribution in [3.8, 4) is 28.0 Å². The number of aryl methyl sites for hydroxylation is 1. The van der Waals surface area contributed by atoms with E-state index in [0.29, 0.717) is 5.75 Å². The zero-order chi connectivity index (χ0) is 13.9. The largest absolute Gasteiger partial charge is 0.508 e. The van der Waals surface area contributed by atoms with E-state index in [-0.39, 0.29) is 0 Å². The molecule has 0 saturated carbocycles. The first kappa shape index (κ1) is 12.5. The normalized spacial score (nSPS) is 10.4. The molecular formula is C19H16O. The Morgan fingerprint density at radius 3 is 1.95 bits per heavy atom. The highest BCUT2D eigenvalue weighted by molar-refractivity contribution is 5.83. The van der Waals surface area contributed by atoms with E-state index in [1.807, 2.05) is 24.3 Å².